The molecule has 1 atom stereocenters. The van der Waals surface area contributed by atoms with Crippen LogP contribution in [0.15, 0.2) is 11.0 Å². The van der Waals surface area contributed by atoms with Crippen LogP contribution in [0.25, 0.3) is 0 Å². The Morgan fingerprint density at radius 3 is 2.46 bits per heavy atom. The summed E-state index contributed by atoms with van der Waals surface area (Å²) >= 11 is 0. The summed E-state index contributed by atoms with van der Waals surface area (Å²) in [5.41, 5.74) is 2.43. The van der Waals surface area contributed by atoms with Crippen molar-refractivity contribution in [2.75, 3.05) is 5.32 Å². The maximum atomic E-state index is 12.8. The molecule has 140 valence electrons. The van der Waals surface area contributed by atoms with E-state index in [0.717, 1.165) is 24.1 Å². The van der Waals surface area contributed by atoms with Gasteiger partial charge in [-0.25, -0.2) is 0 Å². The maximum Gasteiger partial charge on any atom is 0.270 e. The predicted octanol–water partition coefficient (Wildman–Crippen LogP) is 2.98. The van der Waals surface area contributed by atoms with Gasteiger partial charge in [0.2, 0.25) is 5.91 Å². The van der Waals surface area contributed by atoms with Gasteiger partial charge in [-0.1, -0.05) is 32.1 Å². The van der Waals surface area contributed by atoms with E-state index in [1.807, 2.05) is 24.9 Å². The molecule has 2 aromatic rings. The first-order valence-electron chi connectivity index (χ1n) is 9.69. The zero-order valence-corrected chi connectivity index (χ0v) is 15.5. The molecule has 2 N–H and O–H groups in total. The highest BCUT2D eigenvalue weighted by Crippen LogP contribution is 2.38. The molecule has 0 spiro atoms. The summed E-state index contributed by atoms with van der Waals surface area (Å²) in [6, 6.07) is 0.251. The molecule has 1 saturated carbocycles. The minimum absolute atomic E-state index is 0.0376. The molecule has 0 unspecified atom stereocenters. The molecule has 26 heavy (non-hydrogen) atoms. The zero-order valence-electron chi connectivity index (χ0n) is 15.5. The van der Waals surface area contributed by atoms with E-state index in [2.05, 4.69) is 15.5 Å². The highest BCUT2D eigenvalue weighted by molar-refractivity contribution is 5.94. The number of carbonyl (C=O) groups is 1. The number of nitrogens with one attached hydrogen (secondary N) is 2. The second-order valence-electron chi connectivity index (χ2n) is 7.72. The molecule has 1 fully saturated rings. The Labute approximate surface area is 152 Å². The van der Waals surface area contributed by atoms with Gasteiger partial charge in [0, 0.05) is 31.1 Å². The Morgan fingerprint density at radius 1 is 1.12 bits per heavy atom. The molecule has 7 heteroatoms. The lowest BCUT2D eigenvalue weighted by atomic mass is 9.87. The third kappa shape index (κ3) is 2.99. The number of hydrogen-bond acceptors (Lipinski definition) is 3. The van der Waals surface area contributed by atoms with Gasteiger partial charge in [-0.15, -0.1) is 0 Å². The van der Waals surface area contributed by atoms with Crippen molar-refractivity contribution in [3.8, 4) is 0 Å². The van der Waals surface area contributed by atoms with E-state index in [4.69, 9.17) is 0 Å². The number of anilines is 1. The zero-order chi connectivity index (χ0) is 18.3. The lowest BCUT2D eigenvalue weighted by Crippen LogP contribution is -2.27. The lowest BCUT2D eigenvalue weighted by molar-refractivity contribution is -0.116. The Balaban J connectivity index is 1.77. The van der Waals surface area contributed by atoms with Crippen LogP contribution >= 0.6 is 0 Å². The number of amides is 1. The van der Waals surface area contributed by atoms with Crippen molar-refractivity contribution in [3.05, 3.63) is 33.4 Å². The molecule has 2 aliphatic rings. The summed E-state index contributed by atoms with van der Waals surface area (Å²) in [6.45, 7) is 1.93. The molecule has 2 aromatic heterocycles. The molecule has 4 rings (SSSR count). The fourth-order valence-electron chi connectivity index (χ4n) is 4.58. The molecular formula is C19H27N5O2. The first-order chi connectivity index (χ1) is 12.5. The monoisotopic (exact) mass is 357 g/mol. The average molecular weight is 357 g/mol. The number of fused-ring (bicyclic) bond motifs is 1. The molecule has 1 amide bonds. The molecule has 7 nitrogen and oxygen atoms in total. The minimum atomic E-state index is -0.231. The van der Waals surface area contributed by atoms with E-state index in [1.54, 1.807) is 4.68 Å². The molecular weight excluding hydrogens is 330 g/mol. The van der Waals surface area contributed by atoms with E-state index in [1.165, 1.54) is 32.1 Å². The second kappa shape index (κ2) is 6.78. The molecule has 1 aliphatic carbocycles. The van der Waals surface area contributed by atoms with Crippen molar-refractivity contribution >= 4 is 11.7 Å². The van der Waals surface area contributed by atoms with E-state index in [-0.39, 0.29) is 29.8 Å². The van der Waals surface area contributed by atoms with Gasteiger partial charge in [-0.3, -0.25) is 24.1 Å². The number of H-pyrrole nitrogens is 1. The molecule has 0 bridgehead atoms. The fraction of sp³-hybridized carbons (Fsp3) is 0.632. The molecule has 0 radical (unpaired) electrons. The van der Waals surface area contributed by atoms with Crippen LogP contribution in [-0.2, 0) is 11.8 Å². The number of nitrogens with zero attached hydrogens (tertiary/aromatic N) is 3. The SMILES string of the molecule is Cc1nn(C)cc1[C@@H]1CC(=O)Nc2c1c(=O)[nH]n2C1CCCCCCC1. The van der Waals surface area contributed by atoms with Crippen molar-refractivity contribution in [2.45, 2.75) is 70.3 Å². The van der Waals surface area contributed by atoms with Crippen LogP contribution in [0.5, 0.6) is 0 Å². The minimum Gasteiger partial charge on any atom is -0.311 e. The highest BCUT2D eigenvalue weighted by atomic mass is 16.2. The molecule has 0 aromatic carbocycles. The highest BCUT2D eigenvalue weighted by Gasteiger charge is 2.35. The maximum absolute atomic E-state index is 12.8. The fourth-order valence-corrected chi connectivity index (χ4v) is 4.58. The van der Waals surface area contributed by atoms with Gasteiger partial charge in [0.25, 0.3) is 5.56 Å². The van der Waals surface area contributed by atoms with Crippen LogP contribution in [-0.4, -0.2) is 25.5 Å². The van der Waals surface area contributed by atoms with Gasteiger partial charge < -0.3 is 5.32 Å². The summed E-state index contributed by atoms with van der Waals surface area (Å²) in [4.78, 5) is 25.3. The van der Waals surface area contributed by atoms with Gasteiger partial charge in [0.1, 0.15) is 5.82 Å². The largest absolute Gasteiger partial charge is 0.311 e. The van der Waals surface area contributed by atoms with E-state index < -0.39 is 0 Å². The number of aromatic amines is 1. The molecule has 3 heterocycles. The van der Waals surface area contributed by atoms with Crippen molar-refractivity contribution in [1.29, 1.82) is 0 Å². The van der Waals surface area contributed by atoms with E-state index in [0.29, 0.717) is 11.4 Å². The molecule has 1 aliphatic heterocycles. The Morgan fingerprint density at radius 2 is 1.81 bits per heavy atom. The molecule has 0 saturated heterocycles. The van der Waals surface area contributed by atoms with Crippen LogP contribution in [0, 0.1) is 6.92 Å². The summed E-state index contributed by atoms with van der Waals surface area (Å²) in [6.07, 6.45) is 10.4. The first-order valence-corrected chi connectivity index (χ1v) is 9.69. The topological polar surface area (TPSA) is 84.7 Å². The predicted molar refractivity (Wildman–Crippen MR) is 99.4 cm³/mol. The normalized spacial score (nSPS) is 21.8. The van der Waals surface area contributed by atoms with Crippen LogP contribution in [0.4, 0.5) is 5.82 Å². The van der Waals surface area contributed by atoms with Crippen molar-refractivity contribution in [2.24, 2.45) is 7.05 Å². The van der Waals surface area contributed by atoms with Gasteiger partial charge >= 0.3 is 0 Å². The Hall–Kier alpha value is -2.31. The number of aromatic nitrogens is 4. The summed E-state index contributed by atoms with van der Waals surface area (Å²) < 4.78 is 3.69. The van der Waals surface area contributed by atoms with Crippen LogP contribution < -0.4 is 10.9 Å². The lowest BCUT2D eigenvalue weighted by Gasteiger charge is -2.27. The average Bonchev–Trinajstić information content (AvgIpc) is 3.06. The quantitative estimate of drug-likeness (QED) is 0.866. The number of carbonyl (C=O) groups excluding carboxylic acids is 1. The third-order valence-electron chi connectivity index (χ3n) is 5.83. The number of aryl methyl sites for hydroxylation is 2. The standard InChI is InChI=1S/C19H27N5O2/c1-12-15(11-23(2)21-12)14-10-16(25)20-18-17(14)19(26)22-24(18)13-8-6-4-3-5-7-9-13/h11,13-14H,3-10H2,1-2H3,(H,20,25)(H,22,26)/t14-/m0/s1. The van der Waals surface area contributed by atoms with Crippen molar-refractivity contribution in [1.82, 2.24) is 19.6 Å². The van der Waals surface area contributed by atoms with Gasteiger partial charge in [0.05, 0.1) is 17.3 Å². The van der Waals surface area contributed by atoms with Gasteiger partial charge in [-0.2, -0.15) is 5.10 Å². The van der Waals surface area contributed by atoms with Gasteiger partial charge in [-0.05, 0) is 19.8 Å². The summed E-state index contributed by atoms with van der Waals surface area (Å²) in [5, 5.41) is 10.4. The Bertz CT molecular complexity index is 867. The van der Waals surface area contributed by atoms with Crippen LogP contribution in [0.2, 0.25) is 0 Å². The van der Waals surface area contributed by atoms with E-state index >= 15 is 0 Å². The third-order valence-corrected chi connectivity index (χ3v) is 5.83. The first kappa shape index (κ1) is 17.1. The van der Waals surface area contributed by atoms with Gasteiger partial charge in [0.15, 0.2) is 0 Å². The van der Waals surface area contributed by atoms with E-state index in [9.17, 15) is 9.59 Å². The van der Waals surface area contributed by atoms with Crippen LogP contribution in [0.1, 0.15) is 80.1 Å². The Kier molecular flexibility index (Phi) is 4.46. The second-order valence-corrected chi connectivity index (χ2v) is 7.72. The smallest absolute Gasteiger partial charge is 0.270 e. The summed E-state index contributed by atoms with van der Waals surface area (Å²) in [7, 11) is 1.87. The number of rotatable bonds is 2. The van der Waals surface area contributed by atoms with Crippen molar-refractivity contribution < 1.29 is 4.79 Å². The summed E-state index contributed by atoms with van der Waals surface area (Å²) in [5.74, 6) is 0.403. The van der Waals surface area contributed by atoms with Crippen molar-refractivity contribution in [3.63, 3.8) is 0 Å². The number of hydrogen-bond donors (Lipinski definition) is 2. The van der Waals surface area contributed by atoms with Crippen LogP contribution in [0.3, 0.4) is 0 Å².